The lowest BCUT2D eigenvalue weighted by Crippen LogP contribution is -2.51. The first-order valence-corrected chi connectivity index (χ1v) is 8.75. The molecule has 3 nitrogen and oxygen atoms in total. The molecule has 0 radical (unpaired) electrons. The Kier molecular flexibility index (Phi) is 5.84. The first-order chi connectivity index (χ1) is 10.4. The highest BCUT2D eigenvalue weighted by molar-refractivity contribution is 7.15. The van der Waals surface area contributed by atoms with Crippen LogP contribution < -0.4 is 5.73 Å². The van der Waals surface area contributed by atoms with Gasteiger partial charge in [-0.15, -0.1) is 23.7 Å². The number of hydrogen-bond acceptors (Lipinski definition) is 4. The van der Waals surface area contributed by atoms with E-state index >= 15 is 0 Å². The molecule has 1 aromatic heterocycles. The fourth-order valence-electron chi connectivity index (χ4n) is 3.05. The first-order valence-electron chi connectivity index (χ1n) is 7.94. The average Bonchev–Trinajstić information content (AvgIpc) is 2.92. The monoisotopic (exact) mass is 351 g/mol. The van der Waals surface area contributed by atoms with E-state index in [2.05, 4.69) is 54.9 Å². The standard InChI is InChI=1S/C18H25N3S.ClH/c1-13-4-6-14(7-5-13)17-20-10-15(22-17)11-21-9-8-16(19)18(2,3)12-21;/h4-7,10,16H,8-9,11-12,19H2,1-3H3;1H. The number of piperidine rings is 1. The van der Waals surface area contributed by atoms with Crippen molar-refractivity contribution in [3.63, 3.8) is 0 Å². The van der Waals surface area contributed by atoms with Gasteiger partial charge < -0.3 is 5.73 Å². The Hall–Kier alpha value is -0.940. The van der Waals surface area contributed by atoms with Crippen LogP contribution in [0.3, 0.4) is 0 Å². The summed E-state index contributed by atoms with van der Waals surface area (Å²) in [6, 6.07) is 8.91. The lowest BCUT2D eigenvalue weighted by atomic mass is 9.80. The molecule has 1 unspecified atom stereocenters. The smallest absolute Gasteiger partial charge is 0.123 e. The van der Waals surface area contributed by atoms with Gasteiger partial charge in [0.15, 0.2) is 0 Å². The third-order valence-electron chi connectivity index (χ3n) is 4.62. The van der Waals surface area contributed by atoms with Crippen molar-refractivity contribution in [3.05, 3.63) is 40.9 Å². The Morgan fingerprint density at radius 1 is 1.30 bits per heavy atom. The van der Waals surface area contributed by atoms with Crippen molar-refractivity contribution in [1.29, 1.82) is 0 Å². The van der Waals surface area contributed by atoms with Gasteiger partial charge >= 0.3 is 0 Å². The molecule has 0 amide bonds. The second-order valence-corrected chi connectivity index (χ2v) is 8.21. The second kappa shape index (κ2) is 7.31. The maximum absolute atomic E-state index is 6.22. The number of nitrogens with two attached hydrogens (primary N) is 1. The molecule has 0 saturated carbocycles. The molecule has 126 valence electrons. The Labute approximate surface area is 149 Å². The van der Waals surface area contributed by atoms with E-state index in [0.29, 0.717) is 6.04 Å². The molecule has 2 aromatic rings. The highest BCUT2D eigenvalue weighted by Crippen LogP contribution is 2.31. The number of halogens is 1. The highest BCUT2D eigenvalue weighted by Gasteiger charge is 2.33. The van der Waals surface area contributed by atoms with E-state index in [1.54, 1.807) is 11.3 Å². The molecule has 3 rings (SSSR count). The van der Waals surface area contributed by atoms with E-state index in [1.807, 2.05) is 6.20 Å². The molecule has 1 saturated heterocycles. The van der Waals surface area contributed by atoms with Crippen LogP contribution in [0.25, 0.3) is 10.6 Å². The van der Waals surface area contributed by atoms with Crippen LogP contribution in [0, 0.1) is 12.3 Å². The minimum atomic E-state index is 0. The van der Waals surface area contributed by atoms with Crippen LogP contribution in [0.15, 0.2) is 30.5 Å². The molecule has 1 aliphatic rings. The summed E-state index contributed by atoms with van der Waals surface area (Å²) in [5.74, 6) is 0. The molecule has 0 bridgehead atoms. The summed E-state index contributed by atoms with van der Waals surface area (Å²) >= 11 is 1.80. The SMILES string of the molecule is Cc1ccc(-c2ncc(CN3CCC(N)C(C)(C)C3)s2)cc1.Cl. The maximum atomic E-state index is 6.22. The predicted octanol–water partition coefficient (Wildman–Crippen LogP) is 4.10. The third kappa shape index (κ3) is 4.32. The Bertz CT molecular complexity index is 636. The topological polar surface area (TPSA) is 42.2 Å². The number of benzene rings is 1. The van der Waals surface area contributed by atoms with Crippen molar-refractivity contribution in [2.75, 3.05) is 13.1 Å². The lowest BCUT2D eigenvalue weighted by Gasteiger charge is -2.42. The van der Waals surface area contributed by atoms with Crippen LogP contribution in [0.5, 0.6) is 0 Å². The second-order valence-electron chi connectivity index (χ2n) is 7.09. The number of nitrogens with zero attached hydrogens (tertiary/aromatic N) is 2. The van der Waals surface area contributed by atoms with E-state index in [4.69, 9.17) is 5.73 Å². The van der Waals surface area contributed by atoms with Crippen molar-refractivity contribution in [2.45, 2.75) is 39.8 Å². The molecular weight excluding hydrogens is 326 g/mol. The van der Waals surface area contributed by atoms with Crippen LogP contribution in [0.2, 0.25) is 0 Å². The van der Waals surface area contributed by atoms with E-state index in [1.165, 1.54) is 16.0 Å². The molecule has 2 heterocycles. The minimum absolute atomic E-state index is 0. The number of hydrogen-bond donors (Lipinski definition) is 1. The van der Waals surface area contributed by atoms with Gasteiger partial charge in [-0.3, -0.25) is 4.90 Å². The number of rotatable bonds is 3. The normalized spacial score (nSPS) is 21.0. The lowest BCUT2D eigenvalue weighted by molar-refractivity contribution is 0.0906. The van der Waals surface area contributed by atoms with E-state index in [0.717, 1.165) is 31.1 Å². The minimum Gasteiger partial charge on any atom is -0.327 e. The van der Waals surface area contributed by atoms with Crippen LogP contribution >= 0.6 is 23.7 Å². The van der Waals surface area contributed by atoms with Gasteiger partial charge in [-0.25, -0.2) is 4.98 Å². The third-order valence-corrected chi connectivity index (χ3v) is 5.65. The van der Waals surface area contributed by atoms with Crippen molar-refractivity contribution in [2.24, 2.45) is 11.1 Å². The summed E-state index contributed by atoms with van der Waals surface area (Å²) in [4.78, 5) is 8.44. The zero-order valence-corrected chi connectivity index (χ0v) is 15.7. The molecule has 0 aliphatic carbocycles. The van der Waals surface area contributed by atoms with Crippen LogP contribution in [-0.4, -0.2) is 29.0 Å². The molecule has 1 atom stereocenters. The largest absolute Gasteiger partial charge is 0.327 e. The van der Waals surface area contributed by atoms with Crippen LogP contribution in [0.1, 0.15) is 30.7 Å². The fraction of sp³-hybridized carbons (Fsp3) is 0.500. The summed E-state index contributed by atoms with van der Waals surface area (Å²) in [7, 11) is 0. The average molecular weight is 352 g/mol. The summed E-state index contributed by atoms with van der Waals surface area (Å²) in [6.07, 6.45) is 3.11. The summed E-state index contributed by atoms with van der Waals surface area (Å²) in [6.45, 7) is 9.79. The molecule has 23 heavy (non-hydrogen) atoms. The molecule has 2 N–H and O–H groups in total. The first kappa shape index (κ1) is 18.4. The van der Waals surface area contributed by atoms with Gasteiger partial charge in [0, 0.05) is 42.3 Å². The Morgan fingerprint density at radius 2 is 2.00 bits per heavy atom. The molecule has 1 fully saturated rings. The highest BCUT2D eigenvalue weighted by atomic mass is 35.5. The summed E-state index contributed by atoms with van der Waals surface area (Å²) in [5, 5.41) is 1.11. The van der Waals surface area contributed by atoms with Crippen LogP contribution in [0.4, 0.5) is 0 Å². The van der Waals surface area contributed by atoms with E-state index < -0.39 is 0 Å². The molecule has 0 spiro atoms. The quantitative estimate of drug-likeness (QED) is 0.905. The number of aryl methyl sites for hydroxylation is 1. The predicted molar refractivity (Wildman–Crippen MR) is 101 cm³/mol. The van der Waals surface area contributed by atoms with Crippen LogP contribution in [-0.2, 0) is 6.54 Å². The zero-order chi connectivity index (χ0) is 15.7. The Morgan fingerprint density at radius 3 is 2.65 bits per heavy atom. The maximum Gasteiger partial charge on any atom is 0.123 e. The molecule has 5 heteroatoms. The van der Waals surface area contributed by atoms with E-state index in [9.17, 15) is 0 Å². The number of likely N-dealkylation sites (tertiary alicyclic amines) is 1. The van der Waals surface area contributed by atoms with Gasteiger partial charge in [-0.1, -0.05) is 43.7 Å². The fourth-order valence-corrected chi connectivity index (χ4v) is 4.01. The number of aromatic nitrogens is 1. The van der Waals surface area contributed by atoms with Crippen molar-refractivity contribution in [3.8, 4) is 10.6 Å². The van der Waals surface area contributed by atoms with Gasteiger partial charge in [0.1, 0.15) is 5.01 Å². The van der Waals surface area contributed by atoms with Gasteiger partial charge in [0.25, 0.3) is 0 Å². The van der Waals surface area contributed by atoms with Crippen molar-refractivity contribution >= 4 is 23.7 Å². The van der Waals surface area contributed by atoms with Gasteiger partial charge in [0.05, 0.1) is 0 Å². The van der Waals surface area contributed by atoms with Gasteiger partial charge in [-0.2, -0.15) is 0 Å². The zero-order valence-electron chi connectivity index (χ0n) is 14.1. The van der Waals surface area contributed by atoms with Crippen molar-refractivity contribution in [1.82, 2.24) is 9.88 Å². The van der Waals surface area contributed by atoms with Crippen molar-refractivity contribution < 1.29 is 0 Å². The van der Waals surface area contributed by atoms with Gasteiger partial charge in [-0.05, 0) is 18.8 Å². The molecule has 1 aliphatic heterocycles. The Balaban J connectivity index is 0.00000192. The summed E-state index contributed by atoms with van der Waals surface area (Å²) < 4.78 is 0. The summed E-state index contributed by atoms with van der Waals surface area (Å²) in [5.41, 5.74) is 8.92. The molecular formula is C18H26ClN3S. The van der Waals surface area contributed by atoms with Gasteiger partial charge in [0.2, 0.25) is 0 Å². The van der Waals surface area contributed by atoms with E-state index in [-0.39, 0.29) is 17.8 Å². The number of thiazole rings is 1. The molecule has 1 aromatic carbocycles.